The number of ether oxygens (including phenoxy) is 1. The van der Waals surface area contributed by atoms with Gasteiger partial charge in [0.15, 0.2) is 0 Å². The molecule has 0 fully saturated rings. The van der Waals surface area contributed by atoms with Crippen LogP contribution in [0.4, 0.5) is 10.7 Å². The molecule has 0 saturated carbocycles. The minimum Gasteiger partial charge on any atom is -0.486 e. The molecule has 0 aliphatic rings. The van der Waals surface area contributed by atoms with E-state index in [1.165, 1.54) is 31.5 Å². The predicted molar refractivity (Wildman–Crippen MR) is 98.3 cm³/mol. The first-order chi connectivity index (χ1) is 12.8. The molecule has 11 heteroatoms. The molecule has 0 spiro atoms. The van der Waals surface area contributed by atoms with Crippen molar-refractivity contribution in [1.29, 1.82) is 0 Å². The number of benzene rings is 1. The number of rotatable bonds is 7. The average Bonchev–Trinajstić information content (AvgIpc) is 2.57. The monoisotopic (exact) mass is 393 g/mol. The molecule has 0 aliphatic heterocycles. The van der Waals surface area contributed by atoms with Crippen LogP contribution in [0, 0.1) is 13.8 Å². The van der Waals surface area contributed by atoms with Gasteiger partial charge in [-0.1, -0.05) is 17.3 Å². The van der Waals surface area contributed by atoms with Crippen LogP contribution in [0.3, 0.4) is 0 Å². The molecule has 27 heavy (non-hydrogen) atoms. The maximum absolute atomic E-state index is 12.5. The number of carbonyl (C=O) groups excluding carboxylic acids is 1. The molecule has 1 heterocycles. The zero-order valence-electron chi connectivity index (χ0n) is 15.0. The van der Waals surface area contributed by atoms with Crippen LogP contribution in [0.25, 0.3) is 0 Å². The van der Waals surface area contributed by atoms with Crippen LogP contribution in [0.5, 0.6) is 5.75 Å². The van der Waals surface area contributed by atoms with Crippen LogP contribution in [0.15, 0.2) is 40.4 Å². The van der Waals surface area contributed by atoms with Crippen molar-refractivity contribution in [2.24, 2.45) is 5.16 Å². The third kappa shape index (κ3) is 5.92. The van der Waals surface area contributed by atoms with Crippen LogP contribution in [0.1, 0.15) is 11.4 Å². The first-order valence-corrected chi connectivity index (χ1v) is 9.23. The highest BCUT2D eigenvalue weighted by atomic mass is 32.2. The number of anilines is 1. The minimum absolute atomic E-state index is 0.000474. The Balaban J connectivity index is 2.13. The number of sulfonamides is 1. The minimum atomic E-state index is -4.19. The molecule has 0 aliphatic carbocycles. The van der Waals surface area contributed by atoms with Gasteiger partial charge in [0.25, 0.3) is 10.0 Å². The Hall–Kier alpha value is -3.21. The number of hydrogen-bond donors (Lipinski definition) is 2. The summed E-state index contributed by atoms with van der Waals surface area (Å²) in [5.41, 5.74) is 1.27. The van der Waals surface area contributed by atoms with E-state index < -0.39 is 16.1 Å². The molecule has 0 radical (unpaired) electrons. The number of amides is 2. The van der Waals surface area contributed by atoms with Crippen LogP contribution in [-0.2, 0) is 14.9 Å². The van der Waals surface area contributed by atoms with Crippen molar-refractivity contribution >= 4 is 28.2 Å². The van der Waals surface area contributed by atoms with Gasteiger partial charge in [-0.2, -0.15) is 0 Å². The summed E-state index contributed by atoms with van der Waals surface area (Å²) in [5.74, 6) is 0.0588. The van der Waals surface area contributed by atoms with E-state index in [0.717, 1.165) is 0 Å². The first kappa shape index (κ1) is 20.1. The van der Waals surface area contributed by atoms with Gasteiger partial charge in [-0.3, -0.25) is 5.32 Å². The Morgan fingerprint density at radius 3 is 2.56 bits per heavy atom. The molecular formula is C16H19N5O5S. The Kier molecular flexibility index (Phi) is 6.66. The first-order valence-electron chi connectivity index (χ1n) is 7.74. The molecule has 0 atom stereocenters. The van der Waals surface area contributed by atoms with Gasteiger partial charge >= 0.3 is 6.03 Å². The smallest absolute Gasteiger partial charge is 0.335 e. The molecular weight excluding hydrogens is 374 g/mol. The van der Waals surface area contributed by atoms with Crippen LogP contribution < -0.4 is 14.8 Å². The van der Waals surface area contributed by atoms with Gasteiger partial charge in [0.2, 0.25) is 5.95 Å². The number of oxime groups is 1. The molecule has 0 saturated heterocycles. The second kappa shape index (κ2) is 8.94. The Morgan fingerprint density at radius 2 is 1.89 bits per heavy atom. The standard InChI is InChI=1S/C16H19N5O5S/c1-11-10-12(2)19-15(18-11)20-16(22)21-27(23,24)14-7-5-4-6-13(14)26-9-8-17-25-3/h4-8,10H,9H2,1-3H3,(H2,18,19,20,21,22). The SMILES string of the molecule is CON=CCOc1ccccc1S(=O)(=O)NC(=O)Nc1nc(C)cc(C)n1. The lowest BCUT2D eigenvalue weighted by Gasteiger charge is -2.12. The van der Waals surface area contributed by atoms with E-state index in [1.807, 2.05) is 4.72 Å². The summed E-state index contributed by atoms with van der Waals surface area (Å²) in [6, 6.07) is 6.61. The summed E-state index contributed by atoms with van der Waals surface area (Å²) in [6.07, 6.45) is 1.32. The van der Waals surface area contributed by atoms with Crippen molar-refractivity contribution in [1.82, 2.24) is 14.7 Å². The number of aryl methyl sites for hydroxylation is 2. The van der Waals surface area contributed by atoms with Crippen molar-refractivity contribution in [3.8, 4) is 5.75 Å². The fraction of sp³-hybridized carbons (Fsp3) is 0.250. The molecule has 2 N–H and O–H groups in total. The number of nitrogens with zero attached hydrogens (tertiary/aromatic N) is 3. The summed E-state index contributed by atoms with van der Waals surface area (Å²) >= 11 is 0. The third-order valence-electron chi connectivity index (χ3n) is 3.07. The highest BCUT2D eigenvalue weighted by Crippen LogP contribution is 2.23. The largest absolute Gasteiger partial charge is 0.486 e. The summed E-state index contributed by atoms with van der Waals surface area (Å²) < 4.78 is 32.3. The van der Waals surface area contributed by atoms with Crippen molar-refractivity contribution in [3.05, 3.63) is 41.7 Å². The van der Waals surface area contributed by atoms with Gasteiger partial charge in [-0.15, -0.1) is 0 Å². The van der Waals surface area contributed by atoms with E-state index >= 15 is 0 Å². The van der Waals surface area contributed by atoms with Gasteiger partial charge in [-0.25, -0.2) is 27.9 Å². The summed E-state index contributed by atoms with van der Waals surface area (Å²) in [5, 5.41) is 5.79. The second-order valence-corrected chi connectivity index (χ2v) is 6.91. The summed E-state index contributed by atoms with van der Waals surface area (Å²) in [6.45, 7) is 3.45. The lowest BCUT2D eigenvalue weighted by atomic mass is 10.3. The van der Waals surface area contributed by atoms with Crippen molar-refractivity contribution in [2.45, 2.75) is 18.7 Å². The lowest BCUT2D eigenvalue weighted by molar-refractivity contribution is 0.212. The Labute approximate surface area is 156 Å². The topological polar surface area (TPSA) is 132 Å². The molecule has 0 unspecified atom stereocenters. The van der Waals surface area contributed by atoms with E-state index in [9.17, 15) is 13.2 Å². The summed E-state index contributed by atoms with van der Waals surface area (Å²) in [4.78, 5) is 24.4. The fourth-order valence-electron chi connectivity index (χ4n) is 2.11. The molecule has 10 nitrogen and oxygen atoms in total. The van der Waals surface area contributed by atoms with Crippen molar-refractivity contribution in [3.63, 3.8) is 0 Å². The van der Waals surface area contributed by atoms with Crippen molar-refractivity contribution < 1.29 is 22.8 Å². The van der Waals surface area contributed by atoms with Gasteiger partial charge < -0.3 is 9.57 Å². The zero-order chi connectivity index (χ0) is 19.9. The van der Waals surface area contributed by atoms with E-state index in [0.29, 0.717) is 11.4 Å². The van der Waals surface area contributed by atoms with Crippen LogP contribution >= 0.6 is 0 Å². The maximum atomic E-state index is 12.5. The van der Waals surface area contributed by atoms with Crippen LogP contribution in [0.2, 0.25) is 0 Å². The highest BCUT2D eigenvalue weighted by molar-refractivity contribution is 7.90. The van der Waals surface area contributed by atoms with E-state index in [1.54, 1.807) is 26.0 Å². The van der Waals surface area contributed by atoms with E-state index in [-0.39, 0.29) is 23.2 Å². The van der Waals surface area contributed by atoms with E-state index in [4.69, 9.17) is 4.74 Å². The number of carbonyl (C=O) groups is 1. The molecule has 2 rings (SSSR count). The average molecular weight is 393 g/mol. The highest BCUT2D eigenvalue weighted by Gasteiger charge is 2.22. The Morgan fingerprint density at radius 1 is 1.22 bits per heavy atom. The molecule has 2 amide bonds. The van der Waals surface area contributed by atoms with Crippen molar-refractivity contribution in [2.75, 3.05) is 19.0 Å². The van der Waals surface area contributed by atoms with Crippen LogP contribution in [-0.4, -0.2) is 44.3 Å². The number of hydrogen-bond acceptors (Lipinski definition) is 8. The number of aromatic nitrogens is 2. The number of nitrogens with one attached hydrogen (secondary N) is 2. The fourth-order valence-corrected chi connectivity index (χ4v) is 3.16. The quantitative estimate of drug-likeness (QED) is 0.539. The van der Waals surface area contributed by atoms with Gasteiger partial charge in [0.05, 0.1) is 6.21 Å². The lowest BCUT2D eigenvalue weighted by Crippen LogP contribution is -2.35. The normalized spacial score (nSPS) is 11.2. The van der Waals surface area contributed by atoms with E-state index in [2.05, 4.69) is 25.3 Å². The number of para-hydroxylation sites is 1. The predicted octanol–water partition coefficient (Wildman–Crippen LogP) is 1.61. The summed E-state index contributed by atoms with van der Waals surface area (Å²) in [7, 11) is -2.82. The second-order valence-electron chi connectivity index (χ2n) is 5.26. The van der Waals surface area contributed by atoms with Gasteiger partial charge in [-0.05, 0) is 32.0 Å². The third-order valence-corrected chi connectivity index (χ3v) is 4.44. The molecule has 1 aromatic heterocycles. The molecule has 1 aromatic carbocycles. The molecule has 0 bridgehead atoms. The molecule has 144 valence electrons. The van der Waals surface area contributed by atoms with Gasteiger partial charge in [0.1, 0.15) is 24.4 Å². The van der Waals surface area contributed by atoms with Gasteiger partial charge in [0, 0.05) is 11.4 Å². The molecule has 2 aromatic rings. The maximum Gasteiger partial charge on any atom is 0.335 e. The number of urea groups is 1. The Bertz CT molecular complexity index is 926. The zero-order valence-corrected chi connectivity index (χ0v) is 15.8.